The molecule has 0 aliphatic rings. The molecule has 0 heterocycles. The second-order valence-corrected chi connectivity index (χ2v) is 3.72. The Morgan fingerprint density at radius 3 is 2.42 bits per heavy atom. The van der Waals surface area contributed by atoms with Crippen molar-refractivity contribution in [1.29, 1.82) is 5.26 Å². The normalized spacial score (nSPS) is 11.2. The van der Waals surface area contributed by atoms with Gasteiger partial charge in [0.1, 0.15) is 5.54 Å². The Morgan fingerprint density at radius 2 is 1.92 bits per heavy atom. The van der Waals surface area contributed by atoms with Crippen molar-refractivity contribution in [2.75, 3.05) is 6.54 Å². The summed E-state index contributed by atoms with van der Waals surface area (Å²) in [6.45, 7) is 6.98. The van der Waals surface area contributed by atoms with Crippen LogP contribution in [0.2, 0.25) is 0 Å². The van der Waals surface area contributed by atoms with Crippen LogP contribution in [0.4, 0.5) is 0 Å². The van der Waals surface area contributed by atoms with Crippen LogP contribution in [-0.4, -0.2) is 12.1 Å². The number of nitriles is 1. The monoisotopic (exact) mass is 168 g/mol. The summed E-state index contributed by atoms with van der Waals surface area (Å²) in [5.74, 6) is 0. The summed E-state index contributed by atoms with van der Waals surface area (Å²) >= 11 is 0. The number of hydrogen-bond donors (Lipinski definition) is 1. The van der Waals surface area contributed by atoms with Crippen molar-refractivity contribution in [1.82, 2.24) is 5.32 Å². The van der Waals surface area contributed by atoms with E-state index in [4.69, 9.17) is 5.26 Å². The van der Waals surface area contributed by atoms with E-state index in [1.54, 1.807) is 0 Å². The molecule has 0 saturated heterocycles. The maximum Gasteiger partial charge on any atom is 0.101 e. The van der Waals surface area contributed by atoms with Gasteiger partial charge in [-0.3, -0.25) is 5.32 Å². The summed E-state index contributed by atoms with van der Waals surface area (Å²) in [5.41, 5.74) is -0.355. The highest BCUT2D eigenvalue weighted by molar-refractivity contribution is 4.99. The van der Waals surface area contributed by atoms with Gasteiger partial charge in [0.15, 0.2) is 0 Å². The van der Waals surface area contributed by atoms with Gasteiger partial charge in [0.2, 0.25) is 0 Å². The molecular weight excluding hydrogens is 148 g/mol. The zero-order valence-corrected chi connectivity index (χ0v) is 8.48. The van der Waals surface area contributed by atoms with Crippen molar-refractivity contribution >= 4 is 0 Å². The number of nitrogens with one attached hydrogen (secondary N) is 1. The summed E-state index contributed by atoms with van der Waals surface area (Å²) in [6.07, 6.45) is 5.01. The van der Waals surface area contributed by atoms with Gasteiger partial charge in [-0.1, -0.05) is 26.2 Å². The molecule has 0 fully saturated rings. The topological polar surface area (TPSA) is 35.8 Å². The first-order chi connectivity index (χ1) is 5.62. The highest BCUT2D eigenvalue weighted by Crippen LogP contribution is 2.01. The van der Waals surface area contributed by atoms with Crippen molar-refractivity contribution in [2.24, 2.45) is 0 Å². The molecule has 2 nitrogen and oxygen atoms in total. The number of unbranched alkanes of at least 4 members (excludes halogenated alkanes) is 3. The van der Waals surface area contributed by atoms with E-state index in [1.807, 2.05) is 13.8 Å². The number of nitrogens with zero attached hydrogens (tertiary/aromatic N) is 1. The summed E-state index contributed by atoms with van der Waals surface area (Å²) < 4.78 is 0. The minimum Gasteiger partial charge on any atom is -0.300 e. The van der Waals surface area contributed by atoms with Crippen LogP contribution in [0.15, 0.2) is 0 Å². The largest absolute Gasteiger partial charge is 0.300 e. The number of rotatable bonds is 6. The lowest BCUT2D eigenvalue weighted by molar-refractivity contribution is 0.469. The molecule has 0 saturated carbocycles. The first-order valence-electron chi connectivity index (χ1n) is 4.78. The van der Waals surface area contributed by atoms with E-state index in [9.17, 15) is 0 Å². The molecule has 0 spiro atoms. The van der Waals surface area contributed by atoms with Gasteiger partial charge in [-0.2, -0.15) is 5.26 Å². The van der Waals surface area contributed by atoms with Crippen LogP contribution in [0.25, 0.3) is 0 Å². The van der Waals surface area contributed by atoms with Gasteiger partial charge in [-0.15, -0.1) is 0 Å². The molecule has 0 aliphatic heterocycles. The summed E-state index contributed by atoms with van der Waals surface area (Å²) in [5, 5.41) is 11.9. The fourth-order valence-electron chi connectivity index (χ4n) is 0.992. The third-order valence-corrected chi connectivity index (χ3v) is 1.88. The average Bonchev–Trinajstić information content (AvgIpc) is 2.04. The highest BCUT2D eigenvalue weighted by Gasteiger charge is 2.13. The van der Waals surface area contributed by atoms with E-state index >= 15 is 0 Å². The lowest BCUT2D eigenvalue weighted by Crippen LogP contribution is -2.38. The molecule has 0 atom stereocenters. The molecule has 1 N–H and O–H groups in total. The molecule has 0 aromatic carbocycles. The molecule has 0 amide bonds. The van der Waals surface area contributed by atoms with Crippen LogP contribution < -0.4 is 5.32 Å². The minimum absolute atomic E-state index is 0.355. The molecule has 0 rings (SSSR count). The van der Waals surface area contributed by atoms with Gasteiger partial charge in [0.05, 0.1) is 6.07 Å². The van der Waals surface area contributed by atoms with E-state index in [0.29, 0.717) is 0 Å². The van der Waals surface area contributed by atoms with E-state index in [-0.39, 0.29) is 5.54 Å². The van der Waals surface area contributed by atoms with E-state index in [2.05, 4.69) is 18.3 Å². The predicted octanol–water partition coefficient (Wildman–Crippen LogP) is 2.46. The van der Waals surface area contributed by atoms with Crippen LogP contribution in [0.5, 0.6) is 0 Å². The first kappa shape index (κ1) is 11.4. The molecule has 12 heavy (non-hydrogen) atoms. The second-order valence-electron chi connectivity index (χ2n) is 3.72. The van der Waals surface area contributed by atoms with Crippen molar-refractivity contribution in [2.45, 2.75) is 52.0 Å². The van der Waals surface area contributed by atoms with Crippen LogP contribution in [0, 0.1) is 11.3 Å². The molecule has 0 bridgehead atoms. The summed E-state index contributed by atoms with van der Waals surface area (Å²) in [4.78, 5) is 0. The van der Waals surface area contributed by atoms with Crippen molar-refractivity contribution < 1.29 is 0 Å². The third kappa shape index (κ3) is 6.18. The molecule has 0 radical (unpaired) electrons. The standard InChI is InChI=1S/C10H20N2/c1-4-5-6-7-8-12-10(2,3)9-11/h12H,4-8H2,1-3H3. The van der Waals surface area contributed by atoms with Gasteiger partial charge in [0.25, 0.3) is 0 Å². The van der Waals surface area contributed by atoms with Crippen LogP contribution in [0.1, 0.15) is 46.5 Å². The Morgan fingerprint density at radius 1 is 1.25 bits per heavy atom. The third-order valence-electron chi connectivity index (χ3n) is 1.88. The maximum absolute atomic E-state index is 8.68. The van der Waals surface area contributed by atoms with Gasteiger partial charge < -0.3 is 0 Å². The average molecular weight is 168 g/mol. The predicted molar refractivity (Wildman–Crippen MR) is 51.8 cm³/mol. The fraction of sp³-hybridized carbons (Fsp3) is 0.900. The van der Waals surface area contributed by atoms with Crippen molar-refractivity contribution in [3.8, 4) is 6.07 Å². The van der Waals surface area contributed by atoms with E-state index in [0.717, 1.165) is 6.54 Å². The highest BCUT2D eigenvalue weighted by atomic mass is 14.9. The second kappa shape index (κ2) is 6.02. The van der Waals surface area contributed by atoms with Crippen LogP contribution in [-0.2, 0) is 0 Å². The summed E-state index contributed by atoms with van der Waals surface area (Å²) in [7, 11) is 0. The lowest BCUT2D eigenvalue weighted by atomic mass is 10.1. The van der Waals surface area contributed by atoms with Gasteiger partial charge in [0, 0.05) is 0 Å². The minimum atomic E-state index is -0.355. The van der Waals surface area contributed by atoms with Gasteiger partial charge >= 0.3 is 0 Å². The molecule has 0 aliphatic carbocycles. The van der Waals surface area contributed by atoms with E-state index < -0.39 is 0 Å². The number of hydrogen-bond acceptors (Lipinski definition) is 2. The Labute approximate surface area is 76.0 Å². The van der Waals surface area contributed by atoms with Crippen molar-refractivity contribution in [3.05, 3.63) is 0 Å². The zero-order valence-electron chi connectivity index (χ0n) is 8.48. The molecule has 0 aromatic heterocycles. The Balaban J connectivity index is 3.27. The Hall–Kier alpha value is -0.550. The fourth-order valence-corrected chi connectivity index (χ4v) is 0.992. The molecule has 0 unspecified atom stereocenters. The Kier molecular flexibility index (Phi) is 5.74. The van der Waals surface area contributed by atoms with E-state index in [1.165, 1.54) is 25.7 Å². The molecule has 0 aromatic rings. The Bertz CT molecular complexity index is 144. The van der Waals surface area contributed by atoms with Crippen molar-refractivity contribution in [3.63, 3.8) is 0 Å². The molecular formula is C10H20N2. The van der Waals surface area contributed by atoms with Gasteiger partial charge in [-0.25, -0.2) is 0 Å². The molecule has 2 heteroatoms. The quantitative estimate of drug-likeness (QED) is 0.618. The first-order valence-corrected chi connectivity index (χ1v) is 4.78. The summed E-state index contributed by atoms with van der Waals surface area (Å²) in [6, 6.07) is 2.22. The zero-order chi connectivity index (χ0) is 9.45. The van der Waals surface area contributed by atoms with Crippen LogP contribution in [0.3, 0.4) is 0 Å². The smallest absolute Gasteiger partial charge is 0.101 e. The molecule has 70 valence electrons. The SMILES string of the molecule is CCCCCCNC(C)(C)C#N. The maximum atomic E-state index is 8.68. The van der Waals surface area contributed by atoms with Gasteiger partial charge in [-0.05, 0) is 26.8 Å². The lowest BCUT2D eigenvalue weighted by Gasteiger charge is -2.16. The van der Waals surface area contributed by atoms with Crippen LogP contribution >= 0.6 is 0 Å².